The predicted octanol–water partition coefficient (Wildman–Crippen LogP) is 4.36. The Bertz CT molecular complexity index is 873. The summed E-state index contributed by atoms with van der Waals surface area (Å²) in [4.78, 5) is 26.3. The van der Waals surface area contributed by atoms with Gasteiger partial charge in [0.2, 0.25) is 0 Å². The summed E-state index contributed by atoms with van der Waals surface area (Å²) in [5, 5.41) is 0. The highest BCUT2D eigenvalue weighted by Crippen LogP contribution is 2.37. The zero-order chi connectivity index (χ0) is 18.0. The summed E-state index contributed by atoms with van der Waals surface area (Å²) in [6.07, 6.45) is 1.35. The second-order valence-electron chi connectivity index (χ2n) is 5.87. The van der Waals surface area contributed by atoms with Crippen LogP contribution in [0, 0.1) is 6.92 Å². The van der Waals surface area contributed by atoms with E-state index in [0.29, 0.717) is 24.1 Å². The molecule has 0 N–H and O–H groups in total. The summed E-state index contributed by atoms with van der Waals surface area (Å²) in [5.74, 6) is 0.658. The van der Waals surface area contributed by atoms with E-state index in [1.54, 1.807) is 24.1 Å². The summed E-state index contributed by atoms with van der Waals surface area (Å²) in [5.41, 5.74) is 3.81. The molecule has 0 atom stereocenters. The first kappa shape index (κ1) is 17.4. The SMILES string of the molecule is COc1ccc(C(=O)N2CCC(C=O)=C(Br)c3ccccc32)cc1C. The van der Waals surface area contributed by atoms with Gasteiger partial charge in [-0.25, -0.2) is 0 Å². The normalized spacial score (nSPS) is 14.0. The molecule has 0 unspecified atom stereocenters. The minimum Gasteiger partial charge on any atom is -0.496 e. The van der Waals surface area contributed by atoms with Crippen LogP contribution in [0.5, 0.6) is 5.75 Å². The Hall–Kier alpha value is -2.40. The number of aldehydes is 1. The summed E-state index contributed by atoms with van der Waals surface area (Å²) in [7, 11) is 1.61. The lowest BCUT2D eigenvalue weighted by atomic mass is 10.1. The minimum absolute atomic E-state index is 0.0920. The Kier molecular flexibility index (Phi) is 5.04. The van der Waals surface area contributed by atoms with Crippen LogP contribution in [0.15, 0.2) is 48.0 Å². The third kappa shape index (κ3) is 3.24. The van der Waals surface area contributed by atoms with Crippen molar-refractivity contribution in [3.63, 3.8) is 0 Å². The first-order valence-corrected chi connectivity index (χ1v) is 8.76. The second kappa shape index (κ2) is 7.23. The number of benzene rings is 2. The fraction of sp³-hybridized carbons (Fsp3) is 0.200. The standard InChI is InChI=1S/C20H18BrNO3/c1-13-11-14(7-8-18(13)25-2)20(24)22-10-9-15(12-23)19(21)16-5-3-4-6-17(16)22/h3-8,11-12H,9-10H2,1-2H3. The molecule has 0 saturated carbocycles. The molecule has 0 saturated heterocycles. The number of hydrogen-bond acceptors (Lipinski definition) is 3. The zero-order valence-corrected chi connectivity index (χ0v) is 15.7. The number of para-hydroxylation sites is 1. The fourth-order valence-corrected chi connectivity index (χ4v) is 3.65. The Balaban J connectivity index is 2.04. The molecule has 5 heteroatoms. The van der Waals surface area contributed by atoms with Gasteiger partial charge < -0.3 is 9.64 Å². The molecule has 0 aliphatic carbocycles. The molecule has 4 nitrogen and oxygen atoms in total. The Morgan fingerprint density at radius 2 is 2.00 bits per heavy atom. The van der Waals surface area contributed by atoms with E-state index in [2.05, 4.69) is 15.9 Å². The summed E-state index contributed by atoms with van der Waals surface area (Å²) in [6, 6.07) is 13.0. The average molecular weight is 400 g/mol. The number of ether oxygens (including phenoxy) is 1. The van der Waals surface area contributed by atoms with Crippen LogP contribution in [0.25, 0.3) is 4.48 Å². The zero-order valence-electron chi connectivity index (χ0n) is 14.1. The number of methoxy groups -OCH3 is 1. The van der Waals surface area contributed by atoms with E-state index in [4.69, 9.17) is 4.74 Å². The van der Waals surface area contributed by atoms with Gasteiger partial charge in [-0.1, -0.05) is 18.2 Å². The van der Waals surface area contributed by atoms with Gasteiger partial charge in [0.1, 0.15) is 12.0 Å². The molecule has 1 aliphatic rings. The van der Waals surface area contributed by atoms with Crippen molar-refractivity contribution >= 4 is 38.3 Å². The number of carbonyl (C=O) groups excluding carboxylic acids is 2. The smallest absolute Gasteiger partial charge is 0.258 e. The average Bonchev–Trinajstić information content (AvgIpc) is 2.78. The summed E-state index contributed by atoms with van der Waals surface area (Å²) < 4.78 is 6.02. The first-order chi connectivity index (χ1) is 12.1. The number of nitrogens with zero attached hydrogens (tertiary/aromatic N) is 1. The van der Waals surface area contributed by atoms with Crippen LogP contribution in [0.2, 0.25) is 0 Å². The van der Waals surface area contributed by atoms with Gasteiger partial charge in [-0.2, -0.15) is 0 Å². The van der Waals surface area contributed by atoms with Gasteiger partial charge in [0.15, 0.2) is 0 Å². The number of anilines is 1. The summed E-state index contributed by atoms with van der Waals surface area (Å²) in [6.45, 7) is 2.36. The molecule has 0 fully saturated rings. The van der Waals surface area contributed by atoms with Crippen molar-refractivity contribution in [2.45, 2.75) is 13.3 Å². The quantitative estimate of drug-likeness (QED) is 0.720. The molecule has 1 amide bonds. The van der Waals surface area contributed by atoms with Crippen LogP contribution in [-0.2, 0) is 4.79 Å². The van der Waals surface area contributed by atoms with Gasteiger partial charge in [-0.15, -0.1) is 0 Å². The van der Waals surface area contributed by atoms with Crippen molar-refractivity contribution < 1.29 is 14.3 Å². The second-order valence-corrected chi connectivity index (χ2v) is 6.66. The lowest BCUT2D eigenvalue weighted by Crippen LogP contribution is -2.32. The number of halogens is 1. The topological polar surface area (TPSA) is 46.6 Å². The molecule has 128 valence electrons. The van der Waals surface area contributed by atoms with E-state index in [0.717, 1.165) is 33.3 Å². The number of fused-ring (bicyclic) bond motifs is 1. The van der Waals surface area contributed by atoms with E-state index in [-0.39, 0.29) is 5.91 Å². The number of aryl methyl sites for hydroxylation is 1. The van der Waals surface area contributed by atoms with Gasteiger partial charge in [-0.3, -0.25) is 9.59 Å². The van der Waals surface area contributed by atoms with E-state index in [9.17, 15) is 9.59 Å². The Morgan fingerprint density at radius 1 is 1.24 bits per heavy atom. The third-order valence-electron chi connectivity index (χ3n) is 4.35. The molecule has 0 bridgehead atoms. The molecule has 3 rings (SSSR count). The maximum absolute atomic E-state index is 13.1. The predicted molar refractivity (Wildman–Crippen MR) is 102 cm³/mol. The molecular formula is C20H18BrNO3. The number of amides is 1. The third-order valence-corrected chi connectivity index (χ3v) is 5.28. The largest absolute Gasteiger partial charge is 0.496 e. The number of carbonyl (C=O) groups is 2. The molecule has 0 aromatic heterocycles. The van der Waals surface area contributed by atoms with Crippen molar-refractivity contribution in [2.75, 3.05) is 18.6 Å². The molecule has 0 spiro atoms. The fourth-order valence-electron chi connectivity index (χ4n) is 3.02. The Labute approximate surface area is 155 Å². The lowest BCUT2D eigenvalue weighted by Gasteiger charge is -2.23. The molecule has 2 aromatic carbocycles. The number of hydrogen-bond donors (Lipinski definition) is 0. The van der Waals surface area contributed by atoms with E-state index >= 15 is 0 Å². The van der Waals surface area contributed by atoms with E-state index in [1.807, 2.05) is 37.3 Å². The van der Waals surface area contributed by atoms with Crippen molar-refractivity contribution in [1.29, 1.82) is 0 Å². The highest BCUT2D eigenvalue weighted by atomic mass is 79.9. The monoisotopic (exact) mass is 399 g/mol. The molecule has 25 heavy (non-hydrogen) atoms. The van der Waals surface area contributed by atoms with Crippen LogP contribution < -0.4 is 9.64 Å². The van der Waals surface area contributed by atoms with Crippen LogP contribution in [-0.4, -0.2) is 25.8 Å². The highest BCUT2D eigenvalue weighted by Gasteiger charge is 2.25. The van der Waals surface area contributed by atoms with Gasteiger partial charge in [0.25, 0.3) is 5.91 Å². The van der Waals surface area contributed by atoms with Crippen LogP contribution in [0.3, 0.4) is 0 Å². The first-order valence-electron chi connectivity index (χ1n) is 7.96. The summed E-state index contributed by atoms with van der Waals surface area (Å²) >= 11 is 3.52. The molecule has 1 aliphatic heterocycles. The van der Waals surface area contributed by atoms with Crippen molar-refractivity contribution in [3.05, 3.63) is 64.7 Å². The van der Waals surface area contributed by atoms with Gasteiger partial charge >= 0.3 is 0 Å². The minimum atomic E-state index is -0.0920. The van der Waals surface area contributed by atoms with Crippen molar-refractivity contribution in [3.8, 4) is 5.75 Å². The maximum atomic E-state index is 13.1. The van der Waals surface area contributed by atoms with Crippen LogP contribution >= 0.6 is 15.9 Å². The van der Waals surface area contributed by atoms with Crippen molar-refractivity contribution in [1.82, 2.24) is 0 Å². The van der Waals surface area contributed by atoms with Gasteiger partial charge in [-0.05, 0) is 59.1 Å². The van der Waals surface area contributed by atoms with Gasteiger partial charge in [0, 0.05) is 27.7 Å². The molecule has 2 aromatic rings. The highest BCUT2D eigenvalue weighted by molar-refractivity contribution is 9.15. The molecular weight excluding hydrogens is 382 g/mol. The van der Waals surface area contributed by atoms with E-state index < -0.39 is 0 Å². The molecule has 1 heterocycles. The van der Waals surface area contributed by atoms with Crippen molar-refractivity contribution in [2.24, 2.45) is 0 Å². The van der Waals surface area contributed by atoms with E-state index in [1.165, 1.54) is 0 Å². The lowest BCUT2D eigenvalue weighted by molar-refractivity contribution is -0.104. The Morgan fingerprint density at radius 3 is 2.68 bits per heavy atom. The number of rotatable bonds is 3. The molecule has 0 radical (unpaired) electrons. The van der Waals surface area contributed by atoms with Crippen LogP contribution in [0.4, 0.5) is 5.69 Å². The van der Waals surface area contributed by atoms with Gasteiger partial charge in [0.05, 0.1) is 12.8 Å². The van der Waals surface area contributed by atoms with Crippen LogP contribution in [0.1, 0.15) is 27.9 Å². The maximum Gasteiger partial charge on any atom is 0.258 e.